The Morgan fingerprint density at radius 1 is 1.41 bits per heavy atom. The van der Waals surface area contributed by atoms with E-state index in [1.807, 2.05) is 0 Å². The van der Waals surface area contributed by atoms with E-state index in [1.54, 1.807) is 0 Å². The maximum atomic E-state index is 11.9. The van der Waals surface area contributed by atoms with E-state index in [4.69, 9.17) is 16.7 Å². The fourth-order valence-electron chi connectivity index (χ4n) is 1.62. The molecule has 17 heavy (non-hydrogen) atoms. The Labute approximate surface area is 113 Å². The van der Waals surface area contributed by atoms with Crippen molar-refractivity contribution in [1.82, 2.24) is 4.72 Å². The van der Waals surface area contributed by atoms with Crippen molar-refractivity contribution in [3.05, 3.63) is 27.7 Å². The summed E-state index contributed by atoms with van der Waals surface area (Å²) in [7, 11) is -3.53. The molecule has 0 aliphatic heterocycles. The zero-order chi connectivity index (χ0) is 12.6. The van der Waals surface area contributed by atoms with E-state index in [-0.39, 0.29) is 17.0 Å². The van der Waals surface area contributed by atoms with Gasteiger partial charge in [-0.15, -0.1) is 0 Å². The molecule has 0 bridgehead atoms. The van der Waals surface area contributed by atoms with Crippen molar-refractivity contribution in [1.29, 1.82) is 0 Å². The number of halogens is 2. The van der Waals surface area contributed by atoms with Crippen molar-refractivity contribution in [3.8, 4) is 0 Å². The van der Waals surface area contributed by atoms with E-state index in [0.29, 0.717) is 22.3 Å². The molecule has 0 heterocycles. The van der Waals surface area contributed by atoms with E-state index in [0.717, 1.165) is 0 Å². The first-order valence-corrected chi connectivity index (χ1v) is 7.69. The van der Waals surface area contributed by atoms with E-state index in [9.17, 15) is 8.42 Å². The van der Waals surface area contributed by atoms with Crippen molar-refractivity contribution < 1.29 is 13.5 Å². The normalized spacial score (nSPS) is 24.4. The van der Waals surface area contributed by atoms with Gasteiger partial charge in [0, 0.05) is 10.5 Å². The zero-order valence-corrected chi connectivity index (χ0v) is 11.9. The summed E-state index contributed by atoms with van der Waals surface area (Å²) in [6.45, 7) is 0. The summed E-state index contributed by atoms with van der Waals surface area (Å²) in [6, 6.07) is 4.25. The molecule has 1 fully saturated rings. The van der Waals surface area contributed by atoms with Crippen LogP contribution in [0.15, 0.2) is 27.6 Å². The highest BCUT2D eigenvalue weighted by atomic mass is 79.9. The third kappa shape index (κ3) is 3.00. The maximum absolute atomic E-state index is 11.9. The molecule has 1 aromatic rings. The van der Waals surface area contributed by atoms with E-state index in [1.165, 1.54) is 18.2 Å². The minimum absolute atomic E-state index is 0.162. The van der Waals surface area contributed by atoms with Gasteiger partial charge >= 0.3 is 0 Å². The molecule has 0 unspecified atom stereocenters. The van der Waals surface area contributed by atoms with Crippen molar-refractivity contribution in [3.63, 3.8) is 0 Å². The molecule has 2 N–H and O–H groups in total. The van der Waals surface area contributed by atoms with Gasteiger partial charge in [-0.2, -0.15) is 0 Å². The molecule has 0 amide bonds. The van der Waals surface area contributed by atoms with E-state index < -0.39 is 10.0 Å². The lowest BCUT2D eigenvalue weighted by molar-refractivity contribution is 0.0712. The second-order valence-electron chi connectivity index (χ2n) is 4.02. The second kappa shape index (κ2) is 4.85. The summed E-state index contributed by atoms with van der Waals surface area (Å²) in [5, 5.41) is 9.57. The molecule has 94 valence electrons. The smallest absolute Gasteiger partial charge is 0.240 e. The van der Waals surface area contributed by atoms with Crippen LogP contribution in [-0.2, 0) is 10.0 Å². The first kappa shape index (κ1) is 13.3. The number of benzene rings is 1. The number of aliphatic hydroxyl groups is 1. The molecular formula is C10H11BrClNO3S. The first-order valence-electron chi connectivity index (χ1n) is 5.04. The van der Waals surface area contributed by atoms with Gasteiger partial charge in [-0.25, -0.2) is 13.1 Å². The van der Waals surface area contributed by atoms with Gasteiger partial charge in [0.25, 0.3) is 0 Å². The number of sulfonamides is 1. The fourth-order valence-corrected chi connectivity index (χ4v) is 3.55. The van der Waals surface area contributed by atoms with Crippen molar-refractivity contribution in [2.24, 2.45) is 0 Å². The number of rotatable bonds is 3. The van der Waals surface area contributed by atoms with Gasteiger partial charge in [0.15, 0.2) is 0 Å². The topological polar surface area (TPSA) is 66.4 Å². The first-order chi connectivity index (χ1) is 7.88. The molecule has 1 saturated carbocycles. The lowest BCUT2D eigenvalue weighted by atomic mass is 9.91. The molecule has 2 rings (SSSR count). The summed E-state index contributed by atoms with van der Waals surface area (Å²) in [6.07, 6.45) is 0.543. The van der Waals surface area contributed by atoms with Gasteiger partial charge in [0.05, 0.1) is 16.0 Å². The number of hydrogen-bond donors (Lipinski definition) is 2. The molecule has 1 aliphatic carbocycles. The third-order valence-electron chi connectivity index (χ3n) is 2.64. The molecule has 0 aromatic heterocycles. The predicted molar refractivity (Wildman–Crippen MR) is 68.5 cm³/mol. The Kier molecular flexibility index (Phi) is 3.80. The molecule has 1 aromatic carbocycles. The van der Waals surface area contributed by atoms with Crippen LogP contribution in [0, 0.1) is 0 Å². The lowest BCUT2D eigenvalue weighted by Crippen LogP contribution is -2.46. The van der Waals surface area contributed by atoms with Crippen LogP contribution in [0.1, 0.15) is 12.8 Å². The summed E-state index contributed by atoms with van der Waals surface area (Å²) in [5.74, 6) is 0. The molecule has 1 aliphatic rings. The second-order valence-corrected chi connectivity index (χ2v) is 6.99. The predicted octanol–water partition coefficient (Wildman–Crippen LogP) is 1.90. The molecule has 4 nitrogen and oxygen atoms in total. The van der Waals surface area contributed by atoms with E-state index in [2.05, 4.69) is 20.7 Å². The highest BCUT2D eigenvalue weighted by molar-refractivity contribution is 9.10. The number of nitrogens with one attached hydrogen (secondary N) is 1. The summed E-state index contributed by atoms with van der Waals surface area (Å²) >= 11 is 8.98. The van der Waals surface area contributed by atoms with Gasteiger partial charge in [0.1, 0.15) is 0 Å². The van der Waals surface area contributed by atoms with Crippen LogP contribution in [0.4, 0.5) is 0 Å². The van der Waals surface area contributed by atoms with Gasteiger partial charge in [-0.1, -0.05) is 11.6 Å². The van der Waals surface area contributed by atoms with E-state index >= 15 is 0 Å². The Morgan fingerprint density at radius 2 is 2.06 bits per heavy atom. The SMILES string of the molecule is O=S(=O)(NC1CC(O)C1)c1ccc(Cl)c(Br)c1. The fraction of sp³-hybridized carbons (Fsp3) is 0.400. The Balaban J connectivity index is 2.17. The largest absolute Gasteiger partial charge is 0.393 e. The van der Waals surface area contributed by atoms with Crippen molar-refractivity contribution in [2.45, 2.75) is 29.9 Å². The zero-order valence-electron chi connectivity index (χ0n) is 8.73. The van der Waals surface area contributed by atoms with Crippen LogP contribution in [0.25, 0.3) is 0 Å². The monoisotopic (exact) mass is 339 g/mol. The van der Waals surface area contributed by atoms with Gasteiger partial charge in [-0.3, -0.25) is 0 Å². The molecule has 0 atom stereocenters. The van der Waals surface area contributed by atoms with Crippen LogP contribution in [0.3, 0.4) is 0 Å². The van der Waals surface area contributed by atoms with Crippen LogP contribution in [-0.4, -0.2) is 25.7 Å². The average molecular weight is 341 g/mol. The molecule has 7 heteroatoms. The number of aliphatic hydroxyl groups excluding tert-OH is 1. The van der Waals surface area contributed by atoms with Crippen LogP contribution in [0.2, 0.25) is 5.02 Å². The lowest BCUT2D eigenvalue weighted by Gasteiger charge is -2.31. The van der Waals surface area contributed by atoms with Crippen LogP contribution in [0.5, 0.6) is 0 Å². The minimum atomic E-state index is -3.53. The minimum Gasteiger partial charge on any atom is -0.393 e. The summed E-state index contributed by atoms with van der Waals surface area (Å²) in [5.41, 5.74) is 0. The van der Waals surface area contributed by atoms with Crippen LogP contribution < -0.4 is 4.72 Å². The number of hydrogen-bond acceptors (Lipinski definition) is 3. The van der Waals surface area contributed by atoms with Crippen LogP contribution >= 0.6 is 27.5 Å². The molecule has 0 spiro atoms. The van der Waals surface area contributed by atoms with Gasteiger partial charge < -0.3 is 5.11 Å². The highest BCUT2D eigenvalue weighted by Crippen LogP contribution is 2.27. The Bertz CT molecular complexity index is 528. The average Bonchev–Trinajstić information content (AvgIpc) is 2.19. The Morgan fingerprint density at radius 3 is 2.59 bits per heavy atom. The quantitative estimate of drug-likeness (QED) is 0.883. The summed E-state index contributed by atoms with van der Waals surface area (Å²) < 4.78 is 27.0. The Hall–Kier alpha value is -0.140. The third-order valence-corrected chi connectivity index (χ3v) is 5.37. The standard InChI is InChI=1S/C10H11BrClNO3S/c11-9-5-8(1-2-10(9)12)17(15,16)13-6-3-7(14)4-6/h1-2,5-7,13-14H,3-4H2. The molecule has 0 saturated heterocycles. The summed E-state index contributed by atoms with van der Waals surface area (Å²) in [4.78, 5) is 0.162. The molecular weight excluding hydrogens is 330 g/mol. The highest BCUT2D eigenvalue weighted by Gasteiger charge is 2.31. The molecule has 0 radical (unpaired) electrons. The maximum Gasteiger partial charge on any atom is 0.240 e. The van der Waals surface area contributed by atoms with Gasteiger partial charge in [-0.05, 0) is 47.0 Å². The van der Waals surface area contributed by atoms with Crippen molar-refractivity contribution in [2.75, 3.05) is 0 Å². The van der Waals surface area contributed by atoms with Crippen molar-refractivity contribution >= 4 is 37.6 Å². The van der Waals surface area contributed by atoms with Gasteiger partial charge in [0.2, 0.25) is 10.0 Å².